The van der Waals surface area contributed by atoms with Gasteiger partial charge in [-0.25, -0.2) is 0 Å². The van der Waals surface area contributed by atoms with Crippen molar-refractivity contribution in [1.29, 1.82) is 0 Å². The second-order valence-electron chi connectivity index (χ2n) is 3.69. The van der Waals surface area contributed by atoms with Crippen LogP contribution in [0, 0.1) is 6.92 Å². The van der Waals surface area contributed by atoms with Crippen LogP contribution in [0.25, 0.3) is 11.1 Å². The van der Waals surface area contributed by atoms with Crippen LogP contribution in [0.15, 0.2) is 18.2 Å². The average molecular weight is 252 g/mol. The lowest BCUT2D eigenvalue weighted by Gasteiger charge is -2.07. The minimum Gasteiger partial charge on any atom is -0.492 e. The molecule has 0 aliphatic rings. The molecule has 5 heteroatoms. The van der Waals surface area contributed by atoms with Gasteiger partial charge >= 0.3 is 0 Å². The lowest BCUT2D eigenvalue weighted by molar-refractivity contribution is 0.340. The molecule has 0 saturated heterocycles. The highest BCUT2D eigenvalue weighted by atomic mass is 35.5. The van der Waals surface area contributed by atoms with Crippen molar-refractivity contribution in [2.75, 3.05) is 12.3 Å². The third-order valence-electron chi connectivity index (χ3n) is 2.50. The molecule has 0 aliphatic carbocycles. The Labute approximate surface area is 105 Å². The normalized spacial score (nSPS) is 10.5. The lowest BCUT2D eigenvalue weighted by atomic mass is 10.1. The summed E-state index contributed by atoms with van der Waals surface area (Å²) in [4.78, 5) is 0. The second kappa shape index (κ2) is 4.67. The van der Waals surface area contributed by atoms with Crippen LogP contribution in [-0.2, 0) is 0 Å². The van der Waals surface area contributed by atoms with Crippen LogP contribution < -0.4 is 10.5 Å². The third-order valence-corrected chi connectivity index (χ3v) is 2.79. The molecule has 1 aromatic carbocycles. The second-order valence-corrected chi connectivity index (χ2v) is 4.09. The van der Waals surface area contributed by atoms with E-state index in [0.29, 0.717) is 23.2 Å². The summed E-state index contributed by atoms with van der Waals surface area (Å²) in [6.45, 7) is 4.43. The standard InChI is InChI=1S/C12H14ClN3O/c1-3-17-10-5-4-8(6-9(10)13)11-7(2)15-16-12(11)14/h4-6H,3H2,1-2H3,(H3,14,15,16). The largest absolute Gasteiger partial charge is 0.492 e. The number of aryl methyl sites for hydroxylation is 1. The number of ether oxygens (including phenoxy) is 1. The molecule has 3 N–H and O–H groups in total. The molecule has 0 bridgehead atoms. The van der Waals surface area contributed by atoms with E-state index in [1.807, 2.05) is 32.0 Å². The van der Waals surface area contributed by atoms with Crippen molar-refractivity contribution < 1.29 is 4.74 Å². The predicted octanol–water partition coefficient (Wildman–Crippen LogP) is 3.02. The summed E-state index contributed by atoms with van der Waals surface area (Å²) in [7, 11) is 0. The first-order valence-corrected chi connectivity index (χ1v) is 5.74. The molecule has 2 aromatic rings. The van der Waals surface area contributed by atoms with E-state index < -0.39 is 0 Å². The Morgan fingerprint density at radius 2 is 2.24 bits per heavy atom. The van der Waals surface area contributed by atoms with Crippen molar-refractivity contribution in [2.24, 2.45) is 0 Å². The maximum absolute atomic E-state index is 6.13. The SMILES string of the molecule is CCOc1ccc(-c2c(N)n[nH]c2C)cc1Cl. The van der Waals surface area contributed by atoms with Gasteiger partial charge < -0.3 is 10.5 Å². The molecule has 0 amide bonds. The van der Waals surface area contributed by atoms with Gasteiger partial charge in [0.25, 0.3) is 0 Å². The maximum Gasteiger partial charge on any atom is 0.153 e. The Morgan fingerprint density at radius 3 is 2.76 bits per heavy atom. The van der Waals surface area contributed by atoms with E-state index in [1.54, 1.807) is 0 Å². The summed E-state index contributed by atoms with van der Waals surface area (Å²) in [6.07, 6.45) is 0. The highest BCUT2D eigenvalue weighted by Crippen LogP contribution is 2.33. The molecule has 0 saturated carbocycles. The van der Waals surface area contributed by atoms with Crippen molar-refractivity contribution in [3.8, 4) is 16.9 Å². The number of nitrogens with two attached hydrogens (primary N) is 1. The summed E-state index contributed by atoms with van der Waals surface area (Å²) in [5, 5.41) is 7.38. The van der Waals surface area contributed by atoms with E-state index in [4.69, 9.17) is 22.1 Å². The van der Waals surface area contributed by atoms with Crippen molar-refractivity contribution in [2.45, 2.75) is 13.8 Å². The van der Waals surface area contributed by atoms with E-state index >= 15 is 0 Å². The van der Waals surface area contributed by atoms with Gasteiger partial charge in [-0.05, 0) is 31.5 Å². The van der Waals surface area contributed by atoms with E-state index in [2.05, 4.69) is 10.2 Å². The topological polar surface area (TPSA) is 63.9 Å². The van der Waals surface area contributed by atoms with Crippen LogP contribution in [-0.4, -0.2) is 16.8 Å². The Bertz CT molecular complexity index is 517. The number of nitrogen functional groups attached to an aromatic ring is 1. The van der Waals surface area contributed by atoms with Crippen molar-refractivity contribution >= 4 is 17.4 Å². The number of aromatic nitrogens is 2. The van der Waals surface area contributed by atoms with E-state index in [1.165, 1.54) is 0 Å². The van der Waals surface area contributed by atoms with E-state index in [-0.39, 0.29) is 0 Å². The maximum atomic E-state index is 6.13. The molecular weight excluding hydrogens is 238 g/mol. The number of nitrogens with one attached hydrogen (secondary N) is 1. The number of hydrogen-bond acceptors (Lipinski definition) is 3. The van der Waals surface area contributed by atoms with Crippen LogP contribution in [0.5, 0.6) is 5.75 Å². The summed E-state index contributed by atoms with van der Waals surface area (Å²) >= 11 is 6.13. The smallest absolute Gasteiger partial charge is 0.153 e. The molecule has 90 valence electrons. The van der Waals surface area contributed by atoms with Crippen LogP contribution >= 0.6 is 11.6 Å². The number of halogens is 1. The summed E-state index contributed by atoms with van der Waals surface area (Å²) in [6, 6.07) is 5.60. The minimum atomic E-state index is 0.475. The van der Waals surface area contributed by atoms with Crippen molar-refractivity contribution in [3.63, 3.8) is 0 Å². The molecule has 0 aliphatic heterocycles. The molecule has 0 unspecified atom stereocenters. The first kappa shape index (κ1) is 11.8. The molecule has 4 nitrogen and oxygen atoms in total. The highest BCUT2D eigenvalue weighted by Gasteiger charge is 2.11. The monoisotopic (exact) mass is 251 g/mol. The molecular formula is C12H14ClN3O. The predicted molar refractivity (Wildman–Crippen MR) is 69.4 cm³/mol. The number of benzene rings is 1. The zero-order valence-electron chi connectivity index (χ0n) is 9.75. The minimum absolute atomic E-state index is 0.475. The van der Waals surface area contributed by atoms with Crippen LogP contribution in [0.2, 0.25) is 5.02 Å². The van der Waals surface area contributed by atoms with Crippen molar-refractivity contribution in [1.82, 2.24) is 10.2 Å². The highest BCUT2D eigenvalue weighted by molar-refractivity contribution is 6.32. The zero-order chi connectivity index (χ0) is 12.4. The molecule has 1 aromatic heterocycles. The lowest BCUT2D eigenvalue weighted by Crippen LogP contribution is -1.93. The fraction of sp³-hybridized carbons (Fsp3) is 0.250. The molecule has 1 heterocycles. The quantitative estimate of drug-likeness (QED) is 0.881. The first-order valence-electron chi connectivity index (χ1n) is 5.36. The van der Waals surface area contributed by atoms with E-state index in [0.717, 1.165) is 16.8 Å². The Kier molecular flexibility index (Phi) is 3.24. The Morgan fingerprint density at radius 1 is 1.47 bits per heavy atom. The first-order chi connectivity index (χ1) is 8.13. The van der Waals surface area contributed by atoms with Crippen LogP contribution in [0.4, 0.5) is 5.82 Å². The fourth-order valence-corrected chi connectivity index (χ4v) is 1.98. The van der Waals surface area contributed by atoms with Gasteiger partial charge in [0, 0.05) is 11.3 Å². The summed E-state index contributed by atoms with van der Waals surface area (Å²) < 4.78 is 5.38. The third kappa shape index (κ3) is 2.22. The molecule has 0 radical (unpaired) electrons. The van der Waals surface area contributed by atoms with Gasteiger partial charge in [0.2, 0.25) is 0 Å². The zero-order valence-corrected chi connectivity index (χ0v) is 10.5. The molecule has 17 heavy (non-hydrogen) atoms. The van der Waals surface area contributed by atoms with Gasteiger partial charge in [0.1, 0.15) is 5.75 Å². The molecule has 0 atom stereocenters. The van der Waals surface area contributed by atoms with E-state index in [9.17, 15) is 0 Å². The molecule has 0 spiro atoms. The Hall–Kier alpha value is -1.68. The van der Waals surface area contributed by atoms with Gasteiger partial charge in [0.15, 0.2) is 5.82 Å². The van der Waals surface area contributed by atoms with Gasteiger partial charge in [0.05, 0.1) is 11.6 Å². The summed E-state index contributed by atoms with van der Waals surface area (Å²) in [5.41, 5.74) is 8.54. The van der Waals surface area contributed by atoms with Gasteiger partial charge in [-0.2, -0.15) is 5.10 Å². The Balaban J connectivity index is 2.45. The van der Waals surface area contributed by atoms with Gasteiger partial charge in [-0.1, -0.05) is 17.7 Å². The van der Waals surface area contributed by atoms with Crippen LogP contribution in [0.3, 0.4) is 0 Å². The van der Waals surface area contributed by atoms with Crippen LogP contribution in [0.1, 0.15) is 12.6 Å². The number of hydrogen-bond donors (Lipinski definition) is 2. The van der Waals surface area contributed by atoms with Gasteiger partial charge in [-0.15, -0.1) is 0 Å². The number of anilines is 1. The molecule has 2 rings (SSSR count). The number of H-pyrrole nitrogens is 1. The number of rotatable bonds is 3. The fourth-order valence-electron chi connectivity index (χ4n) is 1.74. The molecule has 0 fully saturated rings. The number of aromatic amines is 1. The van der Waals surface area contributed by atoms with Gasteiger partial charge in [-0.3, -0.25) is 5.10 Å². The average Bonchev–Trinajstić information content (AvgIpc) is 2.62. The summed E-state index contributed by atoms with van der Waals surface area (Å²) in [5.74, 6) is 1.15. The van der Waals surface area contributed by atoms with Crippen molar-refractivity contribution in [3.05, 3.63) is 28.9 Å². The number of nitrogens with zero attached hydrogens (tertiary/aromatic N) is 1.